The summed E-state index contributed by atoms with van der Waals surface area (Å²) in [6, 6.07) is 10.5. The first-order chi connectivity index (χ1) is 20.8. The van der Waals surface area contributed by atoms with Gasteiger partial charge in [0, 0.05) is 12.1 Å². The predicted molar refractivity (Wildman–Crippen MR) is 172 cm³/mol. The van der Waals surface area contributed by atoms with Crippen molar-refractivity contribution >= 4 is 29.1 Å². The molecule has 236 valence electrons. The summed E-state index contributed by atoms with van der Waals surface area (Å²) in [6.45, 7) is 3.65. The molecule has 2 aromatic rings. The quantitative estimate of drug-likeness (QED) is 0.0712. The van der Waals surface area contributed by atoms with Gasteiger partial charge in [-0.3, -0.25) is 14.4 Å². The van der Waals surface area contributed by atoms with E-state index in [9.17, 15) is 19.2 Å². The number of ketones is 2. The number of hydrogen-bond donors (Lipinski definition) is 2. The van der Waals surface area contributed by atoms with E-state index in [2.05, 4.69) is 12.2 Å². The van der Waals surface area contributed by atoms with E-state index in [-0.39, 0.29) is 34.9 Å². The molecule has 0 saturated heterocycles. The van der Waals surface area contributed by atoms with Crippen molar-refractivity contribution in [1.29, 1.82) is 0 Å². The lowest BCUT2D eigenvalue weighted by Gasteiger charge is -2.12. The standard InChI is InChI=1S/C36H51NO6/c1-3-4-5-6-7-8-9-10-11-12-13-14-15-16-17-18-19-31(39)27-35(40)37-30-22-25-34(33(26-30)28(2)38)43-32-23-20-29(21-24-32)36(41)42/h20-26H,3-19,27H2,1-2H3,(H,37,40)(H,41,42). The molecule has 7 heteroatoms. The zero-order valence-corrected chi connectivity index (χ0v) is 26.3. The van der Waals surface area contributed by atoms with E-state index in [1.165, 1.54) is 121 Å². The molecule has 2 N–H and O–H groups in total. The second-order valence-corrected chi connectivity index (χ2v) is 11.5. The van der Waals surface area contributed by atoms with Crippen molar-refractivity contribution in [3.05, 3.63) is 53.6 Å². The van der Waals surface area contributed by atoms with Crippen LogP contribution < -0.4 is 10.1 Å². The molecule has 0 bridgehead atoms. The van der Waals surface area contributed by atoms with Crippen LogP contribution in [0.25, 0.3) is 0 Å². The van der Waals surface area contributed by atoms with Gasteiger partial charge >= 0.3 is 5.97 Å². The molecule has 7 nitrogen and oxygen atoms in total. The van der Waals surface area contributed by atoms with Crippen molar-refractivity contribution in [2.45, 2.75) is 129 Å². The molecule has 0 aromatic heterocycles. The van der Waals surface area contributed by atoms with Crippen LogP contribution >= 0.6 is 0 Å². The number of amides is 1. The Balaban J connectivity index is 1.58. The Kier molecular flexibility index (Phi) is 17.6. The molecule has 0 fully saturated rings. The third-order valence-corrected chi connectivity index (χ3v) is 7.64. The first-order valence-electron chi connectivity index (χ1n) is 16.3. The van der Waals surface area contributed by atoms with Crippen LogP contribution in [0.15, 0.2) is 42.5 Å². The molecule has 0 aliphatic rings. The fourth-order valence-electron chi connectivity index (χ4n) is 5.11. The lowest BCUT2D eigenvalue weighted by Crippen LogP contribution is -2.16. The van der Waals surface area contributed by atoms with Crippen LogP contribution in [0.3, 0.4) is 0 Å². The molecule has 2 aromatic carbocycles. The number of unbranched alkanes of at least 4 members (excludes halogenated alkanes) is 15. The molecule has 43 heavy (non-hydrogen) atoms. The third kappa shape index (κ3) is 15.5. The van der Waals surface area contributed by atoms with Gasteiger partial charge in [0.05, 0.1) is 17.5 Å². The van der Waals surface area contributed by atoms with Crippen LogP contribution in [0.1, 0.15) is 150 Å². The number of carboxylic acid groups (broad SMARTS) is 1. The highest BCUT2D eigenvalue weighted by molar-refractivity contribution is 6.05. The molecule has 0 saturated carbocycles. The first kappa shape index (κ1) is 35.7. The van der Waals surface area contributed by atoms with Gasteiger partial charge in [-0.25, -0.2) is 4.79 Å². The van der Waals surface area contributed by atoms with E-state index in [0.29, 0.717) is 17.9 Å². The first-order valence-corrected chi connectivity index (χ1v) is 16.3. The number of aromatic carboxylic acids is 1. The van der Waals surface area contributed by atoms with Crippen LogP contribution in [0.2, 0.25) is 0 Å². The van der Waals surface area contributed by atoms with Crippen LogP contribution in [-0.2, 0) is 9.59 Å². The molecular weight excluding hydrogens is 542 g/mol. The highest BCUT2D eigenvalue weighted by Crippen LogP contribution is 2.29. The van der Waals surface area contributed by atoms with E-state index >= 15 is 0 Å². The zero-order chi connectivity index (χ0) is 31.3. The van der Waals surface area contributed by atoms with E-state index in [4.69, 9.17) is 9.84 Å². The van der Waals surface area contributed by atoms with E-state index in [1.807, 2.05) is 0 Å². The van der Waals surface area contributed by atoms with Crippen LogP contribution in [-0.4, -0.2) is 28.5 Å². The Morgan fingerprint density at radius 1 is 0.698 bits per heavy atom. The van der Waals surface area contributed by atoms with Crippen LogP contribution in [0.4, 0.5) is 5.69 Å². The van der Waals surface area contributed by atoms with Gasteiger partial charge in [0.2, 0.25) is 5.91 Å². The fourth-order valence-corrected chi connectivity index (χ4v) is 5.11. The highest BCUT2D eigenvalue weighted by atomic mass is 16.5. The van der Waals surface area contributed by atoms with Crippen molar-refractivity contribution < 1.29 is 29.0 Å². The van der Waals surface area contributed by atoms with E-state index in [0.717, 1.165) is 19.3 Å². The average Bonchev–Trinajstić information content (AvgIpc) is 2.97. The van der Waals surface area contributed by atoms with Gasteiger partial charge in [-0.1, -0.05) is 103 Å². The molecule has 0 atom stereocenters. The Morgan fingerprint density at radius 2 is 1.21 bits per heavy atom. The predicted octanol–water partition coefficient (Wildman–Crippen LogP) is 9.93. The smallest absolute Gasteiger partial charge is 0.335 e. The van der Waals surface area contributed by atoms with Gasteiger partial charge in [0.15, 0.2) is 5.78 Å². The summed E-state index contributed by atoms with van der Waals surface area (Å²) in [5, 5.41) is 11.7. The van der Waals surface area contributed by atoms with Gasteiger partial charge < -0.3 is 15.2 Å². The molecule has 0 aliphatic heterocycles. The Hall–Kier alpha value is -3.48. The minimum absolute atomic E-state index is 0.0839. The van der Waals surface area contributed by atoms with Gasteiger partial charge in [-0.05, 0) is 55.8 Å². The maximum absolute atomic E-state index is 12.4. The number of carboxylic acids is 1. The molecule has 1 amide bonds. The lowest BCUT2D eigenvalue weighted by molar-refractivity contribution is -0.125. The largest absolute Gasteiger partial charge is 0.478 e. The number of carbonyl (C=O) groups excluding carboxylic acids is 3. The van der Waals surface area contributed by atoms with Gasteiger partial charge in [0.25, 0.3) is 0 Å². The molecule has 0 heterocycles. The van der Waals surface area contributed by atoms with Crippen LogP contribution in [0, 0.1) is 0 Å². The second-order valence-electron chi connectivity index (χ2n) is 11.5. The minimum atomic E-state index is -1.04. The number of rotatable bonds is 24. The normalized spacial score (nSPS) is 10.8. The monoisotopic (exact) mass is 593 g/mol. The minimum Gasteiger partial charge on any atom is -0.478 e. The summed E-state index contributed by atoms with van der Waals surface area (Å²) in [5.41, 5.74) is 0.792. The Bertz CT molecular complexity index is 1140. The van der Waals surface area contributed by atoms with Gasteiger partial charge in [0.1, 0.15) is 17.3 Å². The van der Waals surface area contributed by atoms with E-state index < -0.39 is 11.9 Å². The van der Waals surface area contributed by atoms with E-state index in [1.54, 1.807) is 12.1 Å². The summed E-state index contributed by atoms with van der Waals surface area (Å²) in [5.74, 6) is -1.13. The van der Waals surface area contributed by atoms with Crippen molar-refractivity contribution in [2.75, 3.05) is 5.32 Å². The number of carbonyl (C=O) groups is 4. The summed E-state index contributed by atoms with van der Waals surface area (Å²) in [6.07, 6.45) is 20.6. The maximum atomic E-state index is 12.4. The third-order valence-electron chi connectivity index (χ3n) is 7.64. The number of anilines is 1. The second kappa shape index (κ2) is 21.2. The maximum Gasteiger partial charge on any atom is 0.335 e. The van der Waals surface area contributed by atoms with Gasteiger partial charge in [-0.2, -0.15) is 0 Å². The van der Waals surface area contributed by atoms with Crippen molar-refractivity contribution in [3.63, 3.8) is 0 Å². The van der Waals surface area contributed by atoms with Gasteiger partial charge in [-0.15, -0.1) is 0 Å². The topological polar surface area (TPSA) is 110 Å². The molecular formula is C36H51NO6. The van der Waals surface area contributed by atoms with Crippen molar-refractivity contribution in [2.24, 2.45) is 0 Å². The number of hydrogen-bond acceptors (Lipinski definition) is 5. The van der Waals surface area contributed by atoms with Crippen molar-refractivity contribution in [3.8, 4) is 11.5 Å². The van der Waals surface area contributed by atoms with Crippen molar-refractivity contribution in [1.82, 2.24) is 0 Å². The number of ether oxygens (including phenoxy) is 1. The summed E-state index contributed by atoms with van der Waals surface area (Å²) in [7, 11) is 0. The molecule has 0 aliphatic carbocycles. The Labute approximate surface area is 257 Å². The number of Topliss-reactive ketones (excluding diaryl/α,β-unsaturated/α-hetero) is 2. The molecule has 0 spiro atoms. The summed E-state index contributed by atoms with van der Waals surface area (Å²) >= 11 is 0. The molecule has 2 rings (SSSR count). The SMILES string of the molecule is CCCCCCCCCCCCCCCCCCC(=O)CC(=O)Nc1ccc(Oc2ccc(C(=O)O)cc2)c(C(C)=O)c1. The zero-order valence-electron chi connectivity index (χ0n) is 26.3. The number of nitrogens with one attached hydrogen (secondary N) is 1. The summed E-state index contributed by atoms with van der Waals surface area (Å²) in [4.78, 5) is 48.0. The van der Waals surface area contributed by atoms with Crippen LogP contribution in [0.5, 0.6) is 11.5 Å². The molecule has 0 radical (unpaired) electrons. The Morgan fingerprint density at radius 3 is 1.70 bits per heavy atom. The average molecular weight is 594 g/mol. The fraction of sp³-hybridized carbons (Fsp3) is 0.556. The molecule has 0 unspecified atom stereocenters. The highest BCUT2D eigenvalue weighted by Gasteiger charge is 2.14. The lowest BCUT2D eigenvalue weighted by atomic mass is 10.0. The number of benzene rings is 2. The summed E-state index contributed by atoms with van der Waals surface area (Å²) < 4.78 is 5.77.